The van der Waals surface area contributed by atoms with Crippen molar-refractivity contribution in [2.45, 2.75) is 6.92 Å². The van der Waals surface area contributed by atoms with Crippen LogP contribution in [0, 0.1) is 11.6 Å². The van der Waals surface area contributed by atoms with E-state index in [2.05, 4.69) is 4.74 Å². The average Bonchev–Trinajstić information content (AvgIpc) is 1.98. The summed E-state index contributed by atoms with van der Waals surface area (Å²) in [6, 6.07) is 3.39. The summed E-state index contributed by atoms with van der Waals surface area (Å²) >= 11 is 0. The van der Waals surface area contributed by atoms with E-state index in [0.29, 0.717) is 0 Å². The Kier molecular flexibility index (Phi) is 4.83. The first-order valence-corrected chi connectivity index (χ1v) is 3.23. The number of carbonyl (C=O) groups excluding carboxylic acids is 1. The van der Waals surface area contributed by atoms with Crippen molar-refractivity contribution in [1.29, 1.82) is 0 Å². The summed E-state index contributed by atoms with van der Waals surface area (Å²) in [5.74, 6) is -3.25. The third-order valence-electron chi connectivity index (χ3n) is 1.17. The minimum Gasteiger partial charge on any atom is -0.423 e. The minimum absolute atomic E-state index is 0. The van der Waals surface area contributed by atoms with Gasteiger partial charge in [0.2, 0.25) is 5.82 Å². The van der Waals surface area contributed by atoms with Crippen molar-refractivity contribution in [3.05, 3.63) is 29.8 Å². The Bertz CT molecular complexity index is 315. The van der Waals surface area contributed by atoms with Crippen molar-refractivity contribution in [2.75, 3.05) is 0 Å². The van der Waals surface area contributed by atoms with Gasteiger partial charge in [-0.15, -0.1) is 0 Å². The second kappa shape index (κ2) is 5.11. The standard InChI is InChI=1S/C8H6F2O2.Ag/c1-5(11)12-7-4-2-3-6(9)8(7)10;/h2-4H,1H3;. The molecule has 0 fully saturated rings. The molecule has 0 aliphatic carbocycles. The normalized spacial score (nSPS) is 8.85. The summed E-state index contributed by atoms with van der Waals surface area (Å²) in [5, 5.41) is 0. The van der Waals surface area contributed by atoms with Crippen LogP contribution in [-0.4, -0.2) is 5.97 Å². The van der Waals surface area contributed by atoms with Crippen LogP contribution in [0.4, 0.5) is 8.78 Å². The van der Waals surface area contributed by atoms with Gasteiger partial charge in [-0.25, -0.2) is 4.39 Å². The average molecular weight is 280 g/mol. The van der Waals surface area contributed by atoms with Crippen LogP contribution < -0.4 is 4.74 Å². The zero-order valence-corrected chi connectivity index (χ0v) is 8.09. The van der Waals surface area contributed by atoms with E-state index in [9.17, 15) is 13.6 Å². The monoisotopic (exact) mass is 279 g/mol. The molecule has 13 heavy (non-hydrogen) atoms. The van der Waals surface area contributed by atoms with Gasteiger partial charge >= 0.3 is 5.97 Å². The summed E-state index contributed by atoms with van der Waals surface area (Å²) in [4.78, 5) is 10.4. The molecule has 2 nitrogen and oxygen atoms in total. The number of hydrogen-bond donors (Lipinski definition) is 0. The van der Waals surface area contributed by atoms with Gasteiger partial charge in [0, 0.05) is 29.3 Å². The first-order valence-electron chi connectivity index (χ1n) is 3.23. The molecule has 1 rings (SSSR count). The number of ether oxygens (including phenoxy) is 1. The van der Waals surface area contributed by atoms with E-state index >= 15 is 0 Å². The molecule has 0 N–H and O–H groups in total. The molecular weight excluding hydrogens is 274 g/mol. The predicted molar refractivity (Wildman–Crippen MR) is 37.7 cm³/mol. The topological polar surface area (TPSA) is 26.3 Å². The third kappa shape index (κ3) is 3.26. The molecule has 0 saturated carbocycles. The molecule has 1 aromatic carbocycles. The maximum absolute atomic E-state index is 12.7. The van der Waals surface area contributed by atoms with E-state index in [1.807, 2.05) is 0 Å². The first kappa shape index (κ1) is 12.3. The molecule has 0 aromatic heterocycles. The van der Waals surface area contributed by atoms with Crippen LogP contribution in [0.1, 0.15) is 6.92 Å². The number of benzene rings is 1. The Morgan fingerprint density at radius 1 is 1.38 bits per heavy atom. The molecule has 1 aromatic rings. The Morgan fingerprint density at radius 3 is 2.54 bits per heavy atom. The Balaban J connectivity index is 0.00000144. The van der Waals surface area contributed by atoms with Gasteiger partial charge in [0.25, 0.3) is 0 Å². The van der Waals surface area contributed by atoms with E-state index in [0.717, 1.165) is 13.0 Å². The molecule has 0 bridgehead atoms. The van der Waals surface area contributed by atoms with Crippen molar-refractivity contribution < 1.29 is 40.7 Å². The fourth-order valence-corrected chi connectivity index (χ4v) is 0.718. The van der Waals surface area contributed by atoms with Gasteiger partial charge < -0.3 is 4.74 Å². The Morgan fingerprint density at radius 2 is 2.00 bits per heavy atom. The predicted octanol–water partition coefficient (Wildman–Crippen LogP) is 1.89. The zero-order valence-electron chi connectivity index (χ0n) is 6.61. The zero-order chi connectivity index (χ0) is 9.14. The fraction of sp³-hybridized carbons (Fsp3) is 0.125. The van der Waals surface area contributed by atoms with Crippen molar-refractivity contribution in [2.24, 2.45) is 0 Å². The first-order chi connectivity index (χ1) is 5.61. The van der Waals surface area contributed by atoms with Crippen molar-refractivity contribution in [3.63, 3.8) is 0 Å². The number of hydrogen-bond acceptors (Lipinski definition) is 2. The fourth-order valence-electron chi connectivity index (χ4n) is 0.718. The molecule has 0 aliphatic heterocycles. The maximum Gasteiger partial charge on any atom is 0.308 e. The Labute approximate surface area is 89.4 Å². The van der Waals surface area contributed by atoms with Crippen LogP contribution in [-0.2, 0) is 27.2 Å². The molecule has 0 atom stereocenters. The minimum atomic E-state index is -1.15. The van der Waals surface area contributed by atoms with Crippen LogP contribution in [0.2, 0.25) is 0 Å². The molecule has 1 radical (unpaired) electrons. The summed E-state index contributed by atoms with van der Waals surface area (Å²) in [6.07, 6.45) is 0. The second-order valence-corrected chi connectivity index (χ2v) is 2.15. The van der Waals surface area contributed by atoms with Gasteiger partial charge in [0.05, 0.1) is 0 Å². The molecule has 0 heterocycles. The number of carbonyl (C=O) groups is 1. The maximum atomic E-state index is 12.7. The third-order valence-corrected chi connectivity index (χ3v) is 1.17. The van der Waals surface area contributed by atoms with Crippen molar-refractivity contribution in [3.8, 4) is 5.75 Å². The van der Waals surface area contributed by atoms with Gasteiger partial charge in [0.1, 0.15) is 0 Å². The molecule has 0 unspecified atom stereocenters. The molecule has 5 heteroatoms. The van der Waals surface area contributed by atoms with E-state index in [4.69, 9.17) is 0 Å². The van der Waals surface area contributed by atoms with Gasteiger partial charge in [-0.05, 0) is 12.1 Å². The van der Waals surface area contributed by atoms with E-state index in [1.165, 1.54) is 12.1 Å². The second-order valence-electron chi connectivity index (χ2n) is 2.15. The van der Waals surface area contributed by atoms with E-state index in [-0.39, 0.29) is 28.1 Å². The largest absolute Gasteiger partial charge is 0.423 e. The van der Waals surface area contributed by atoms with Crippen LogP contribution in [0.15, 0.2) is 18.2 Å². The summed E-state index contributed by atoms with van der Waals surface area (Å²) in [6.45, 7) is 1.12. The Hall–Kier alpha value is -0.710. The van der Waals surface area contributed by atoms with Crippen LogP contribution >= 0.6 is 0 Å². The van der Waals surface area contributed by atoms with Crippen molar-refractivity contribution >= 4 is 5.97 Å². The van der Waals surface area contributed by atoms with Gasteiger partial charge in [-0.3, -0.25) is 4.79 Å². The van der Waals surface area contributed by atoms with Crippen LogP contribution in [0.3, 0.4) is 0 Å². The summed E-state index contributed by atoms with van der Waals surface area (Å²) < 4.78 is 29.5. The molecular formula is C8H6AgF2O2. The number of esters is 1. The SMILES string of the molecule is CC(=O)Oc1cccc(F)c1F.[Ag]. The van der Waals surface area contributed by atoms with E-state index in [1.54, 1.807) is 0 Å². The van der Waals surface area contributed by atoms with Crippen molar-refractivity contribution in [1.82, 2.24) is 0 Å². The van der Waals surface area contributed by atoms with E-state index < -0.39 is 17.6 Å². The van der Waals surface area contributed by atoms with Gasteiger partial charge in [-0.2, -0.15) is 4.39 Å². The molecule has 0 amide bonds. The summed E-state index contributed by atoms with van der Waals surface area (Å²) in [7, 11) is 0. The summed E-state index contributed by atoms with van der Waals surface area (Å²) in [5.41, 5.74) is 0. The van der Waals surface area contributed by atoms with Gasteiger partial charge in [0.15, 0.2) is 11.6 Å². The quantitative estimate of drug-likeness (QED) is 0.446. The van der Waals surface area contributed by atoms with Crippen LogP contribution in [0.25, 0.3) is 0 Å². The molecule has 0 aliphatic rings. The number of halogens is 2. The van der Waals surface area contributed by atoms with Gasteiger partial charge in [-0.1, -0.05) is 6.07 Å². The van der Waals surface area contributed by atoms with Crippen LogP contribution in [0.5, 0.6) is 5.75 Å². The number of rotatable bonds is 1. The molecule has 75 valence electrons. The molecule has 0 spiro atoms. The molecule has 0 saturated heterocycles. The smallest absolute Gasteiger partial charge is 0.308 e.